The van der Waals surface area contributed by atoms with Crippen molar-refractivity contribution in [2.45, 2.75) is 32.8 Å². The lowest BCUT2D eigenvalue weighted by Gasteiger charge is -2.12. The highest BCUT2D eigenvalue weighted by atomic mass is 16.5. The second kappa shape index (κ2) is 5.86. The summed E-state index contributed by atoms with van der Waals surface area (Å²) < 4.78 is 5.39. The lowest BCUT2D eigenvalue weighted by Crippen LogP contribution is -2.40. The third-order valence-electron chi connectivity index (χ3n) is 2.19. The zero-order valence-corrected chi connectivity index (χ0v) is 9.01. The van der Waals surface area contributed by atoms with Crippen molar-refractivity contribution in [2.24, 2.45) is 5.92 Å². The van der Waals surface area contributed by atoms with Crippen LogP contribution in [0, 0.1) is 5.92 Å². The van der Waals surface area contributed by atoms with Crippen molar-refractivity contribution in [3.8, 4) is 0 Å². The van der Waals surface area contributed by atoms with Gasteiger partial charge in [-0.3, -0.25) is 0 Å². The Morgan fingerprint density at radius 2 is 2.29 bits per heavy atom. The molecule has 0 aliphatic carbocycles. The van der Waals surface area contributed by atoms with Gasteiger partial charge in [0, 0.05) is 19.7 Å². The molecule has 0 saturated carbocycles. The van der Waals surface area contributed by atoms with Gasteiger partial charge >= 0.3 is 6.03 Å². The van der Waals surface area contributed by atoms with Crippen molar-refractivity contribution in [3.63, 3.8) is 0 Å². The van der Waals surface area contributed by atoms with Crippen LogP contribution in [0.15, 0.2) is 0 Å². The average Bonchev–Trinajstić information content (AvgIpc) is 2.63. The van der Waals surface area contributed by atoms with Crippen LogP contribution in [0.3, 0.4) is 0 Å². The zero-order chi connectivity index (χ0) is 10.4. The van der Waals surface area contributed by atoms with E-state index in [-0.39, 0.29) is 12.1 Å². The van der Waals surface area contributed by atoms with Crippen LogP contribution in [-0.4, -0.2) is 31.8 Å². The molecule has 2 amide bonds. The van der Waals surface area contributed by atoms with Gasteiger partial charge in [0.2, 0.25) is 0 Å². The van der Waals surface area contributed by atoms with Gasteiger partial charge in [0.15, 0.2) is 0 Å². The molecule has 1 unspecified atom stereocenters. The first-order valence-electron chi connectivity index (χ1n) is 5.32. The summed E-state index contributed by atoms with van der Waals surface area (Å²) in [6.07, 6.45) is 2.39. The van der Waals surface area contributed by atoms with E-state index in [1.165, 1.54) is 0 Å². The lowest BCUT2D eigenvalue weighted by atomic mass is 10.2. The fourth-order valence-corrected chi connectivity index (χ4v) is 1.37. The third kappa shape index (κ3) is 4.46. The van der Waals surface area contributed by atoms with Gasteiger partial charge in [-0.1, -0.05) is 13.8 Å². The monoisotopic (exact) mass is 200 g/mol. The van der Waals surface area contributed by atoms with Gasteiger partial charge in [-0.2, -0.15) is 0 Å². The molecule has 1 heterocycles. The number of carbonyl (C=O) groups is 1. The number of nitrogens with one attached hydrogen (secondary N) is 2. The summed E-state index contributed by atoms with van der Waals surface area (Å²) in [6.45, 7) is 6.32. The van der Waals surface area contributed by atoms with Crippen molar-refractivity contribution in [1.29, 1.82) is 0 Å². The molecule has 1 atom stereocenters. The molecule has 1 aliphatic heterocycles. The molecule has 0 aromatic heterocycles. The van der Waals surface area contributed by atoms with Gasteiger partial charge in [-0.05, 0) is 18.8 Å². The molecule has 4 nitrogen and oxygen atoms in total. The summed E-state index contributed by atoms with van der Waals surface area (Å²) in [5.41, 5.74) is 0. The molecule has 1 fully saturated rings. The highest BCUT2D eigenvalue weighted by Crippen LogP contribution is 2.10. The quantitative estimate of drug-likeness (QED) is 0.714. The Hall–Kier alpha value is -0.770. The Balaban J connectivity index is 2.02. The summed E-state index contributed by atoms with van der Waals surface area (Å²) in [6, 6.07) is -0.0887. The van der Waals surface area contributed by atoms with E-state index in [2.05, 4.69) is 24.5 Å². The van der Waals surface area contributed by atoms with E-state index >= 15 is 0 Å². The Kier molecular flexibility index (Phi) is 4.73. The van der Waals surface area contributed by atoms with Crippen LogP contribution in [0.5, 0.6) is 0 Å². The first kappa shape index (κ1) is 11.3. The van der Waals surface area contributed by atoms with Crippen molar-refractivity contribution in [2.75, 3.05) is 19.7 Å². The number of hydrogen-bond donors (Lipinski definition) is 2. The first-order chi connectivity index (χ1) is 6.68. The maximum atomic E-state index is 11.2. The number of amides is 2. The predicted molar refractivity (Wildman–Crippen MR) is 55.2 cm³/mol. The molecular weight excluding hydrogens is 180 g/mol. The zero-order valence-electron chi connectivity index (χ0n) is 9.01. The number of hydrogen-bond acceptors (Lipinski definition) is 2. The molecule has 0 bridgehead atoms. The Morgan fingerprint density at radius 1 is 1.50 bits per heavy atom. The summed E-state index contributed by atoms with van der Waals surface area (Å²) in [4.78, 5) is 11.2. The van der Waals surface area contributed by atoms with Gasteiger partial charge < -0.3 is 15.4 Å². The van der Waals surface area contributed by atoms with Gasteiger partial charge in [0.05, 0.1) is 6.10 Å². The molecule has 0 radical (unpaired) electrons. The summed E-state index contributed by atoms with van der Waals surface area (Å²) in [5, 5.41) is 5.61. The van der Waals surface area contributed by atoms with E-state index in [4.69, 9.17) is 4.74 Å². The van der Waals surface area contributed by atoms with Gasteiger partial charge in [-0.25, -0.2) is 4.79 Å². The van der Waals surface area contributed by atoms with Crippen molar-refractivity contribution < 1.29 is 9.53 Å². The van der Waals surface area contributed by atoms with Crippen molar-refractivity contribution in [1.82, 2.24) is 10.6 Å². The minimum absolute atomic E-state index is 0.0887. The van der Waals surface area contributed by atoms with E-state index in [1.54, 1.807) is 0 Å². The molecule has 4 heteroatoms. The summed E-state index contributed by atoms with van der Waals surface area (Å²) in [5.74, 6) is 0.489. The lowest BCUT2D eigenvalue weighted by molar-refractivity contribution is 0.111. The smallest absolute Gasteiger partial charge is 0.314 e. The second-order valence-electron chi connectivity index (χ2n) is 4.12. The largest absolute Gasteiger partial charge is 0.376 e. The Bertz CT molecular complexity index is 177. The predicted octanol–water partition coefficient (Wildman–Crippen LogP) is 1.12. The molecule has 1 aliphatic rings. The molecule has 82 valence electrons. The van der Waals surface area contributed by atoms with E-state index in [0.717, 1.165) is 26.0 Å². The Labute approximate surface area is 85.4 Å². The second-order valence-corrected chi connectivity index (χ2v) is 4.12. The Morgan fingerprint density at radius 3 is 2.86 bits per heavy atom. The number of ether oxygens (including phenoxy) is 1. The highest BCUT2D eigenvalue weighted by molar-refractivity contribution is 5.73. The molecule has 0 aromatic rings. The van der Waals surface area contributed by atoms with Crippen LogP contribution in [-0.2, 0) is 4.74 Å². The van der Waals surface area contributed by atoms with Crippen LogP contribution < -0.4 is 10.6 Å². The van der Waals surface area contributed by atoms with E-state index in [1.807, 2.05) is 0 Å². The highest BCUT2D eigenvalue weighted by Gasteiger charge is 2.15. The maximum Gasteiger partial charge on any atom is 0.314 e. The fourth-order valence-electron chi connectivity index (χ4n) is 1.37. The van der Waals surface area contributed by atoms with Crippen LogP contribution in [0.25, 0.3) is 0 Å². The van der Waals surface area contributed by atoms with E-state index in [9.17, 15) is 4.79 Å². The molecule has 0 aromatic carbocycles. The molecule has 14 heavy (non-hydrogen) atoms. The van der Waals surface area contributed by atoms with E-state index in [0.29, 0.717) is 12.5 Å². The van der Waals surface area contributed by atoms with Gasteiger partial charge in [-0.15, -0.1) is 0 Å². The van der Waals surface area contributed by atoms with Crippen molar-refractivity contribution >= 4 is 6.03 Å². The first-order valence-corrected chi connectivity index (χ1v) is 5.32. The molecular formula is C10H20N2O2. The third-order valence-corrected chi connectivity index (χ3v) is 2.19. The van der Waals surface area contributed by atoms with Crippen molar-refractivity contribution in [3.05, 3.63) is 0 Å². The summed E-state index contributed by atoms with van der Waals surface area (Å²) >= 11 is 0. The number of urea groups is 1. The number of rotatable bonds is 4. The molecule has 1 saturated heterocycles. The topological polar surface area (TPSA) is 50.4 Å². The van der Waals surface area contributed by atoms with Crippen LogP contribution in [0.1, 0.15) is 26.7 Å². The van der Waals surface area contributed by atoms with Gasteiger partial charge in [0.1, 0.15) is 0 Å². The minimum atomic E-state index is -0.0887. The normalized spacial score (nSPS) is 21.2. The maximum absolute atomic E-state index is 11.2. The summed E-state index contributed by atoms with van der Waals surface area (Å²) in [7, 11) is 0. The minimum Gasteiger partial charge on any atom is -0.376 e. The van der Waals surface area contributed by atoms with Crippen LogP contribution in [0.2, 0.25) is 0 Å². The molecule has 0 spiro atoms. The van der Waals surface area contributed by atoms with Crippen LogP contribution >= 0.6 is 0 Å². The van der Waals surface area contributed by atoms with Crippen LogP contribution in [0.4, 0.5) is 4.79 Å². The SMILES string of the molecule is CC(C)CNC(=O)NCC1CCCO1. The standard InChI is InChI=1S/C10H20N2O2/c1-8(2)6-11-10(13)12-7-9-4-3-5-14-9/h8-9H,3-7H2,1-2H3,(H2,11,12,13). The fraction of sp³-hybridized carbons (Fsp3) is 0.900. The molecule has 2 N–H and O–H groups in total. The van der Waals surface area contributed by atoms with Gasteiger partial charge in [0.25, 0.3) is 0 Å². The number of carbonyl (C=O) groups excluding carboxylic acids is 1. The average molecular weight is 200 g/mol. The van der Waals surface area contributed by atoms with E-state index < -0.39 is 0 Å². The molecule has 1 rings (SSSR count).